The third kappa shape index (κ3) is 17.9. The van der Waals surface area contributed by atoms with Gasteiger partial charge in [-0.25, -0.2) is 29.0 Å². The number of unbranched alkanes of at least 4 members (excludes halogenated alkanes) is 14. The van der Waals surface area contributed by atoms with Gasteiger partial charge in [-0.3, -0.25) is 9.59 Å². The van der Waals surface area contributed by atoms with Crippen LogP contribution in [0.3, 0.4) is 0 Å². The van der Waals surface area contributed by atoms with E-state index in [4.69, 9.17) is 13.1 Å². The fourth-order valence-corrected chi connectivity index (χ4v) is 30.3. The van der Waals surface area contributed by atoms with Gasteiger partial charge in [0.05, 0.1) is 55.6 Å². The molecule has 0 amide bonds. The average molecular weight is 1910 g/mol. The number of nitrogens with zero attached hydrogens (tertiary/aromatic N) is 4. The summed E-state index contributed by atoms with van der Waals surface area (Å²) in [4.78, 5) is 47.9. The number of ketones is 2. The van der Waals surface area contributed by atoms with E-state index in [1.807, 2.05) is 76.2 Å². The van der Waals surface area contributed by atoms with Crippen LogP contribution in [0.2, 0.25) is 0 Å². The topological polar surface area (TPSA) is 90.4 Å². The van der Waals surface area contributed by atoms with Gasteiger partial charge in [0.2, 0.25) is 0 Å². The van der Waals surface area contributed by atoms with Crippen LogP contribution in [0.5, 0.6) is 0 Å². The third-order valence-corrected chi connectivity index (χ3v) is 37.0. The second-order valence-electron chi connectivity index (χ2n) is 38.7. The Balaban J connectivity index is 1.09. The summed E-state index contributed by atoms with van der Waals surface area (Å²) in [7, 11) is 0. The molecule has 0 bridgehead atoms. The van der Waals surface area contributed by atoms with Crippen molar-refractivity contribution in [1.29, 1.82) is 10.5 Å². The Labute approximate surface area is 829 Å². The largest absolute Gasteiger partial charge is 0.289 e. The van der Waals surface area contributed by atoms with Gasteiger partial charge in [0, 0.05) is 94.0 Å². The molecule has 0 aliphatic heterocycles. The second kappa shape index (κ2) is 42.4. The maximum atomic E-state index is 19.0. The molecular weight excluding hydrogens is 1780 g/mol. The zero-order valence-corrected chi connectivity index (χ0v) is 86.1. The van der Waals surface area contributed by atoms with Crippen molar-refractivity contribution in [2.45, 2.75) is 287 Å². The summed E-state index contributed by atoms with van der Waals surface area (Å²) in [6.45, 7) is 43.2. The van der Waals surface area contributed by atoms with Crippen LogP contribution < -0.4 is 0 Å². The lowest BCUT2D eigenvalue weighted by molar-refractivity contribution is 0.103. The van der Waals surface area contributed by atoms with E-state index in [2.05, 4.69) is 186 Å². The maximum Gasteiger partial charge on any atom is 0.270 e. The average Bonchev–Trinajstić information content (AvgIpc) is 1.48. The molecule has 0 spiro atoms. The molecule has 0 saturated heterocycles. The van der Waals surface area contributed by atoms with Crippen molar-refractivity contribution in [2.24, 2.45) is 11.8 Å². The number of allylic oxidation sites excluding steroid dienone is 6. The number of carbonyl (C=O) groups is 2. The summed E-state index contributed by atoms with van der Waals surface area (Å²) in [5, 5.41) is 24.0. The Morgan fingerprint density at radius 2 is 0.721 bits per heavy atom. The molecule has 17 rings (SSSR count). The monoisotopic (exact) mass is 1910 g/mol. The second-order valence-corrected chi connectivity index (χ2v) is 45.2. The van der Waals surface area contributed by atoms with Crippen LogP contribution >= 0.6 is 68.0 Å². The van der Waals surface area contributed by atoms with Crippen LogP contribution in [0, 0.1) is 87.0 Å². The van der Waals surface area contributed by atoms with Gasteiger partial charge in [-0.05, 0) is 252 Å². The minimum Gasteiger partial charge on any atom is -0.289 e. The summed E-state index contributed by atoms with van der Waals surface area (Å²) in [6.07, 6.45) is 33.7. The number of Topliss-reactive ketones (excluding diaryl/α,β-unsaturated/α-hetero) is 2. The van der Waals surface area contributed by atoms with E-state index in [0.29, 0.717) is 57.4 Å². The third-order valence-electron chi connectivity index (χ3n) is 29.8. The summed E-state index contributed by atoms with van der Waals surface area (Å²) in [6, 6.07) is 58.3. The van der Waals surface area contributed by atoms with Gasteiger partial charge in [-0.1, -0.05) is 293 Å². The van der Waals surface area contributed by atoms with Gasteiger partial charge in [-0.15, -0.1) is 68.0 Å². The number of nitriles is 2. The van der Waals surface area contributed by atoms with Gasteiger partial charge in [0.25, 0.3) is 11.4 Å². The summed E-state index contributed by atoms with van der Waals surface area (Å²) in [5.41, 5.74) is 20.0. The highest BCUT2D eigenvalue weighted by molar-refractivity contribution is 7.30. The van der Waals surface area contributed by atoms with Gasteiger partial charge in [0.1, 0.15) is 11.6 Å². The zero-order valence-electron chi connectivity index (χ0n) is 81.2. The molecule has 0 radical (unpaired) electrons. The van der Waals surface area contributed by atoms with Crippen molar-refractivity contribution >= 4 is 123 Å². The first-order chi connectivity index (χ1) is 66.2. The van der Waals surface area contributed by atoms with E-state index in [1.165, 1.54) is 22.3 Å². The molecule has 7 aromatic carbocycles. The maximum absolute atomic E-state index is 19.0. The lowest BCUT2D eigenvalue weighted by Crippen LogP contribution is -2.29. The predicted molar refractivity (Wildman–Crippen MR) is 574 cm³/mol. The lowest BCUT2D eigenvalue weighted by atomic mass is 9.65. The number of rotatable bonds is 40. The summed E-state index contributed by atoms with van der Waals surface area (Å²) in [5.74, 6) is -0.424. The minimum atomic E-state index is -1.15. The van der Waals surface area contributed by atoms with Gasteiger partial charge in [-0.2, -0.15) is 0 Å². The van der Waals surface area contributed by atoms with Crippen molar-refractivity contribution in [1.82, 2.24) is 0 Å². The smallest absolute Gasteiger partial charge is 0.270 e. The Bertz CT molecular complexity index is 6570. The van der Waals surface area contributed by atoms with Gasteiger partial charge < -0.3 is 0 Å². The Morgan fingerprint density at radius 1 is 0.397 bits per heavy atom. The van der Waals surface area contributed by atoms with Crippen molar-refractivity contribution in [3.8, 4) is 52.5 Å². The number of fused-ring (bicyclic) bond motifs is 12. The number of hydrogen-bond donors (Lipinski definition) is 0. The normalized spacial score (nSPS) is 15.5. The van der Waals surface area contributed by atoms with Crippen molar-refractivity contribution < 1.29 is 18.4 Å². The first kappa shape index (κ1) is 97.0. The number of carbonyl (C=O) groups excluding carboxylic acids is 2. The quantitative estimate of drug-likeness (QED) is 0.0166. The predicted octanol–water partition coefficient (Wildman–Crippen LogP) is 36.8. The molecule has 14 heteroatoms. The standard InChI is InChI=1S/C122H124F2N4O2S6/c1-15-23-29-33-43-79-47-37-51-83(59-79)121(84-52-38-48-80(60-84)44-34-30-24-16-2)95-67-87(65-93-105(99(71-125)127-13)89-55-73(9)75(11)57-91(89)113(93)129)131-115(95)119-111(121)109-107(103-69-97(123)101(133-103)63-77(21-7)41-27-19-5)118-110(108(117(109)135-119)104-70-98(124)102(134-104)64-78(22-8)42-28-20-6)112-120(136-118)116-96(68-88(132-116)66-94-106(100(72-126)128-14)90-56-74(10)76(12)58-92(90)114(94)130)122(112,85-53-39-49-81(61-85)45-35-31-25-17-3)86-54-40-50-82(62-86)46-36-32-26-18-4/h37-40,47-62,65-70,77-78H,15-36,41-46,63-64H2,1-12H3/b93-65-,94-66-,105-99-,106-100+. The summed E-state index contributed by atoms with van der Waals surface area (Å²) < 4.78 is 40.0. The molecule has 0 fully saturated rings. The van der Waals surface area contributed by atoms with Gasteiger partial charge in [0.15, 0.2) is 11.6 Å². The van der Waals surface area contributed by atoms with E-state index in [1.54, 1.807) is 68.0 Å². The zero-order chi connectivity index (χ0) is 95.4. The highest BCUT2D eigenvalue weighted by Gasteiger charge is 2.55. The number of aryl methyl sites for hydroxylation is 8. The van der Waals surface area contributed by atoms with E-state index in [0.717, 1.165) is 327 Å². The van der Waals surface area contributed by atoms with Crippen molar-refractivity contribution in [2.75, 3.05) is 0 Å². The summed E-state index contributed by atoms with van der Waals surface area (Å²) >= 11 is 10.1. The molecule has 2 atom stereocenters. The minimum absolute atomic E-state index is 0.137. The van der Waals surface area contributed by atoms with Crippen LogP contribution in [0.4, 0.5) is 8.78 Å². The molecule has 6 nitrogen and oxygen atoms in total. The van der Waals surface area contributed by atoms with Crippen LogP contribution in [-0.2, 0) is 49.4 Å². The molecule has 2 unspecified atom stereocenters. The fourth-order valence-electron chi connectivity index (χ4n) is 22.3. The Kier molecular flexibility index (Phi) is 30.2. The molecular formula is C122H124F2N4O2S6. The van der Waals surface area contributed by atoms with E-state index in [-0.39, 0.29) is 46.4 Å². The van der Waals surface area contributed by atoms with E-state index >= 15 is 18.4 Å². The number of benzene rings is 7. The molecule has 13 aromatic rings. The molecule has 0 N–H and O–H groups in total. The molecule has 694 valence electrons. The van der Waals surface area contributed by atoms with Crippen molar-refractivity contribution in [3.05, 3.63) is 333 Å². The fraction of sp³-hybridized carbons (Fsp3) is 0.377. The highest BCUT2D eigenvalue weighted by Crippen LogP contribution is 2.71. The first-order valence-corrected chi connectivity index (χ1v) is 55.3. The molecule has 6 heterocycles. The molecule has 0 saturated carbocycles. The number of thiophene rings is 6. The molecule has 4 aliphatic rings. The SMILES string of the molecule is [C-]#[N+]/C(C#N)=C1\C(=C\c2cc3c(s2)-c2sc4c(-c5cc(F)c(CC(CC)CCCC)s5)c5c6c(sc5c(-c5cc(F)c(CC(CC)CCCC)s5)c4c2C3(c2cccc(CCCCCC)c2)c2cccc(CCCCCC)c2)-c2sc(/C=C3\C(=O)c4cc(C)c(C)cc4\C3=C(\C#N)[N+]#[C-])cc2C6(c2cccc(CCCCCC)c2)c2cccc(CCCCCC)c2)C(=O)c2cc(C)c(C)cc21. The van der Waals surface area contributed by atoms with E-state index in [9.17, 15) is 10.5 Å². The number of hydrogen-bond acceptors (Lipinski definition) is 10. The first-order valence-electron chi connectivity index (χ1n) is 50.4. The van der Waals surface area contributed by atoms with Gasteiger partial charge >= 0.3 is 0 Å². The van der Waals surface area contributed by atoms with Crippen LogP contribution in [0.15, 0.2) is 168 Å². The number of halogens is 2. The lowest BCUT2D eigenvalue weighted by Gasteiger charge is -2.35. The van der Waals surface area contributed by atoms with Crippen LogP contribution in [0.1, 0.15) is 350 Å². The van der Waals surface area contributed by atoms with Crippen molar-refractivity contribution in [3.63, 3.8) is 0 Å². The Morgan fingerprint density at radius 3 is 1.02 bits per heavy atom. The Hall–Kier alpha value is -10.6. The van der Waals surface area contributed by atoms with E-state index < -0.39 is 10.8 Å². The van der Waals surface area contributed by atoms with Crippen LogP contribution in [0.25, 0.3) is 93.6 Å². The molecule has 4 aliphatic carbocycles. The highest BCUT2D eigenvalue weighted by atomic mass is 32.1. The molecule has 136 heavy (non-hydrogen) atoms. The van der Waals surface area contributed by atoms with Crippen LogP contribution in [-0.4, -0.2) is 11.6 Å². The molecule has 6 aromatic heterocycles.